The summed E-state index contributed by atoms with van der Waals surface area (Å²) < 4.78 is 0. The summed E-state index contributed by atoms with van der Waals surface area (Å²) in [7, 11) is 0. The van der Waals surface area contributed by atoms with Crippen LogP contribution >= 0.6 is 0 Å². The van der Waals surface area contributed by atoms with Crippen LogP contribution in [0.15, 0.2) is 115 Å². The van der Waals surface area contributed by atoms with E-state index in [4.69, 9.17) is 0 Å². The lowest BCUT2D eigenvalue weighted by molar-refractivity contribution is 0.332. The molecule has 1 aliphatic carbocycles. The van der Waals surface area contributed by atoms with E-state index in [9.17, 15) is 0 Å². The van der Waals surface area contributed by atoms with E-state index < -0.39 is 0 Å². The summed E-state index contributed by atoms with van der Waals surface area (Å²) in [5, 5.41) is 0. The molecule has 0 saturated heterocycles. The molecule has 6 aromatic carbocycles. The van der Waals surface area contributed by atoms with Crippen LogP contribution in [0.4, 0.5) is 34.1 Å². The minimum absolute atomic E-state index is 0.0126. The van der Waals surface area contributed by atoms with Gasteiger partial charge in [0.1, 0.15) is 0 Å². The van der Waals surface area contributed by atoms with Gasteiger partial charge >= 0.3 is 0 Å². The molecule has 0 aromatic heterocycles. The number of rotatable bonds is 5. The predicted molar refractivity (Wildman–Crippen MR) is 243 cm³/mol. The molecule has 2 nitrogen and oxygen atoms in total. The van der Waals surface area contributed by atoms with Crippen molar-refractivity contribution in [1.82, 2.24) is 0 Å². The highest BCUT2D eigenvalue weighted by molar-refractivity contribution is 7.00. The van der Waals surface area contributed by atoms with Crippen LogP contribution in [0.3, 0.4) is 0 Å². The van der Waals surface area contributed by atoms with Crippen LogP contribution in [-0.2, 0) is 29.1 Å². The molecule has 3 aliphatic rings. The Morgan fingerprint density at radius 1 is 0.571 bits per heavy atom. The van der Waals surface area contributed by atoms with Crippen molar-refractivity contribution in [3.8, 4) is 11.1 Å². The van der Waals surface area contributed by atoms with Gasteiger partial charge in [0, 0.05) is 34.0 Å². The van der Waals surface area contributed by atoms with E-state index in [1.165, 1.54) is 108 Å². The standard InChI is InChI=1S/C53H57BN2/c1-11-35-18-22-39(23-19-35)55-46-24-20-36(12-2)30-43(46)54-44-32-41-42(53(9,10)27-26-52(41,7)8)33-47(44)56(49-29-34(3)28-48(55)50(49)54)45-25-21-38(51(4,5)6)31-40(45)37-16-14-13-15-17-37/h13-25,28-33H,11-12,26-27H2,1-10H3. The normalized spacial score (nSPS) is 16.2. The molecule has 9 rings (SSSR count). The highest BCUT2D eigenvalue weighted by Gasteiger charge is 2.46. The third kappa shape index (κ3) is 5.76. The van der Waals surface area contributed by atoms with Gasteiger partial charge in [0.2, 0.25) is 0 Å². The first kappa shape index (κ1) is 36.6. The molecule has 0 spiro atoms. The average molecular weight is 733 g/mol. The van der Waals surface area contributed by atoms with Crippen LogP contribution in [-0.4, -0.2) is 6.71 Å². The van der Waals surface area contributed by atoms with Gasteiger partial charge in [0.15, 0.2) is 0 Å². The minimum atomic E-state index is 0.0126. The Kier molecular flexibility index (Phi) is 8.51. The molecular weight excluding hydrogens is 675 g/mol. The quantitative estimate of drug-likeness (QED) is 0.163. The maximum atomic E-state index is 2.66. The Morgan fingerprint density at radius 3 is 1.80 bits per heavy atom. The van der Waals surface area contributed by atoms with E-state index in [0.29, 0.717) is 0 Å². The number of anilines is 6. The number of nitrogens with zero attached hydrogens (tertiary/aromatic N) is 2. The van der Waals surface area contributed by atoms with Crippen molar-refractivity contribution in [2.75, 3.05) is 9.80 Å². The Hall–Kier alpha value is -5.02. The van der Waals surface area contributed by atoms with E-state index >= 15 is 0 Å². The maximum Gasteiger partial charge on any atom is 0.252 e. The number of fused-ring (bicyclic) bond motifs is 5. The zero-order valence-electron chi connectivity index (χ0n) is 35.3. The number of hydrogen-bond acceptors (Lipinski definition) is 2. The van der Waals surface area contributed by atoms with Crippen LogP contribution < -0.4 is 26.2 Å². The fraction of sp³-hybridized carbons (Fsp3) is 0.321. The molecule has 282 valence electrons. The topological polar surface area (TPSA) is 6.48 Å². The summed E-state index contributed by atoms with van der Waals surface area (Å²) in [5.41, 5.74) is 22.9. The first-order valence-corrected chi connectivity index (χ1v) is 21.1. The van der Waals surface area contributed by atoms with Gasteiger partial charge in [-0.3, -0.25) is 0 Å². The van der Waals surface area contributed by atoms with Gasteiger partial charge in [-0.2, -0.15) is 0 Å². The molecule has 0 unspecified atom stereocenters. The first-order valence-electron chi connectivity index (χ1n) is 21.1. The van der Waals surface area contributed by atoms with Crippen LogP contribution in [0.2, 0.25) is 0 Å². The third-order valence-electron chi connectivity index (χ3n) is 13.4. The fourth-order valence-corrected chi connectivity index (χ4v) is 9.93. The van der Waals surface area contributed by atoms with Crippen molar-refractivity contribution in [1.29, 1.82) is 0 Å². The van der Waals surface area contributed by atoms with Gasteiger partial charge in [-0.05, 0) is 153 Å². The highest BCUT2D eigenvalue weighted by atomic mass is 15.2. The molecular formula is C53H57BN2. The molecule has 0 radical (unpaired) electrons. The van der Waals surface area contributed by atoms with E-state index in [1.54, 1.807) is 0 Å². The largest absolute Gasteiger partial charge is 0.311 e. The summed E-state index contributed by atoms with van der Waals surface area (Å²) in [6, 6.07) is 45.1. The monoisotopic (exact) mass is 732 g/mol. The molecule has 6 aromatic rings. The van der Waals surface area contributed by atoms with Crippen molar-refractivity contribution >= 4 is 57.2 Å². The lowest BCUT2D eigenvalue weighted by atomic mass is 9.33. The van der Waals surface area contributed by atoms with Crippen molar-refractivity contribution < 1.29 is 0 Å². The Bertz CT molecular complexity index is 2500. The molecule has 0 N–H and O–H groups in total. The van der Waals surface area contributed by atoms with Gasteiger partial charge in [-0.15, -0.1) is 0 Å². The van der Waals surface area contributed by atoms with Gasteiger partial charge in [0.05, 0.1) is 5.69 Å². The van der Waals surface area contributed by atoms with Gasteiger partial charge < -0.3 is 9.80 Å². The fourth-order valence-electron chi connectivity index (χ4n) is 9.93. The zero-order valence-corrected chi connectivity index (χ0v) is 35.3. The molecule has 0 amide bonds. The minimum Gasteiger partial charge on any atom is -0.311 e. The van der Waals surface area contributed by atoms with Crippen molar-refractivity contribution in [2.45, 2.75) is 111 Å². The number of hydrogen-bond donors (Lipinski definition) is 0. The second kappa shape index (κ2) is 13.0. The second-order valence-corrected chi connectivity index (χ2v) is 19.2. The van der Waals surface area contributed by atoms with Crippen molar-refractivity contribution in [2.24, 2.45) is 0 Å². The third-order valence-corrected chi connectivity index (χ3v) is 13.4. The highest BCUT2D eigenvalue weighted by Crippen LogP contribution is 2.51. The maximum absolute atomic E-state index is 2.66. The van der Waals surface area contributed by atoms with Crippen LogP contribution in [0, 0.1) is 6.92 Å². The number of aryl methyl sites for hydroxylation is 3. The lowest BCUT2D eigenvalue weighted by Crippen LogP contribution is -2.62. The smallest absolute Gasteiger partial charge is 0.252 e. The average Bonchev–Trinajstić information content (AvgIpc) is 3.18. The first-order chi connectivity index (χ1) is 26.7. The number of benzene rings is 6. The van der Waals surface area contributed by atoms with Gasteiger partial charge in [-0.1, -0.05) is 129 Å². The van der Waals surface area contributed by atoms with Crippen LogP contribution in [0.1, 0.15) is 109 Å². The predicted octanol–water partition coefficient (Wildman–Crippen LogP) is 12.5. The summed E-state index contributed by atoms with van der Waals surface area (Å²) in [6.45, 7) is 23.8. The molecule has 0 bridgehead atoms. The summed E-state index contributed by atoms with van der Waals surface area (Å²) in [6.07, 6.45) is 4.40. The Balaban J connectivity index is 1.42. The van der Waals surface area contributed by atoms with Gasteiger partial charge in [-0.25, -0.2) is 0 Å². The van der Waals surface area contributed by atoms with Crippen molar-refractivity contribution in [3.63, 3.8) is 0 Å². The SMILES string of the molecule is CCc1ccc(N2c3ccc(CC)cc3B3c4cc5c(cc4N(c4ccc(C(C)(C)C)cc4-c4ccccc4)c4cc(C)cc2c43)C(C)(C)CCC5(C)C)cc1. The van der Waals surface area contributed by atoms with E-state index in [-0.39, 0.29) is 23.0 Å². The summed E-state index contributed by atoms with van der Waals surface area (Å²) in [4.78, 5) is 5.23. The molecule has 0 saturated carbocycles. The van der Waals surface area contributed by atoms with Gasteiger partial charge in [0.25, 0.3) is 6.71 Å². The zero-order chi connectivity index (χ0) is 39.3. The Labute approximate surface area is 336 Å². The van der Waals surface area contributed by atoms with E-state index in [1.807, 2.05) is 0 Å². The van der Waals surface area contributed by atoms with E-state index in [2.05, 4.69) is 194 Å². The molecule has 56 heavy (non-hydrogen) atoms. The molecule has 3 heteroatoms. The second-order valence-electron chi connectivity index (χ2n) is 19.2. The lowest BCUT2D eigenvalue weighted by Gasteiger charge is -2.48. The summed E-state index contributed by atoms with van der Waals surface area (Å²) in [5.74, 6) is 0. The summed E-state index contributed by atoms with van der Waals surface area (Å²) >= 11 is 0. The molecule has 2 aliphatic heterocycles. The Morgan fingerprint density at radius 2 is 1.16 bits per heavy atom. The molecule has 0 fully saturated rings. The van der Waals surface area contributed by atoms with Crippen LogP contribution in [0.5, 0.6) is 0 Å². The molecule has 0 atom stereocenters. The van der Waals surface area contributed by atoms with Crippen molar-refractivity contribution in [3.05, 3.63) is 149 Å². The van der Waals surface area contributed by atoms with Crippen LogP contribution in [0.25, 0.3) is 11.1 Å². The van der Waals surface area contributed by atoms with E-state index in [0.717, 1.165) is 12.8 Å². The molecule has 2 heterocycles.